The van der Waals surface area contributed by atoms with Gasteiger partial charge in [0, 0.05) is 19.7 Å². The van der Waals surface area contributed by atoms with E-state index in [-0.39, 0.29) is 18.4 Å². The number of guanidine groups is 1. The number of rotatable bonds is 8. The quantitative estimate of drug-likeness (QED) is 0.431. The molecule has 0 aromatic heterocycles. The lowest BCUT2D eigenvalue weighted by molar-refractivity contribution is -0.137. The molecule has 1 aromatic carbocycles. The van der Waals surface area contributed by atoms with E-state index in [9.17, 15) is 13.2 Å². The number of hydrogen-bond donors (Lipinski definition) is 2. The molecule has 1 rings (SSSR count). The maximum Gasteiger partial charge on any atom is 0.416 e. The van der Waals surface area contributed by atoms with Crippen LogP contribution in [0.2, 0.25) is 0 Å². The van der Waals surface area contributed by atoms with Gasteiger partial charge < -0.3 is 20.1 Å². The molecule has 0 radical (unpaired) electrons. The van der Waals surface area contributed by atoms with Crippen LogP contribution in [0.5, 0.6) is 5.75 Å². The zero-order valence-electron chi connectivity index (χ0n) is 14.1. The Balaban J connectivity index is 2.52. The molecule has 136 valence electrons. The van der Waals surface area contributed by atoms with Crippen LogP contribution in [-0.4, -0.2) is 45.4 Å². The summed E-state index contributed by atoms with van der Waals surface area (Å²) in [5.41, 5.74) is -0.730. The lowest BCUT2D eigenvalue weighted by Gasteiger charge is -2.17. The van der Waals surface area contributed by atoms with Gasteiger partial charge in [0.1, 0.15) is 12.4 Å². The molecule has 0 heterocycles. The average molecular weight is 347 g/mol. The third-order valence-electron chi connectivity index (χ3n) is 2.94. The minimum absolute atomic E-state index is 0.0807. The minimum Gasteiger partial charge on any atom is -0.492 e. The van der Waals surface area contributed by atoms with E-state index in [1.165, 1.54) is 12.1 Å². The van der Waals surface area contributed by atoms with E-state index >= 15 is 0 Å². The van der Waals surface area contributed by atoms with Crippen LogP contribution in [0.25, 0.3) is 0 Å². The van der Waals surface area contributed by atoms with Crippen molar-refractivity contribution in [1.82, 2.24) is 10.6 Å². The van der Waals surface area contributed by atoms with Gasteiger partial charge in [0.25, 0.3) is 0 Å². The van der Waals surface area contributed by atoms with Gasteiger partial charge in [-0.25, -0.2) is 4.99 Å². The summed E-state index contributed by atoms with van der Waals surface area (Å²) in [6.45, 7) is 5.61. The molecular weight excluding hydrogens is 323 g/mol. The molecule has 0 saturated heterocycles. The predicted molar refractivity (Wildman–Crippen MR) is 87.4 cm³/mol. The average Bonchev–Trinajstić information content (AvgIpc) is 2.51. The number of methoxy groups -OCH3 is 1. The summed E-state index contributed by atoms with van der Waals surface area (Å²) in [4.78, 5) is 4.31. The van der Waals surface area contributed by atoms with E-state index < -0.39 is 11.7 Å². The topological polar surface area (TPSA) is 54.9 Å². The fourth-order valence-electron chi connectivity index (χ4n) is 1.93. The van der Waals surface area contributed by atoms with Gasteiger partial charge in [-0.1, -0.05) is 6.07 Å². The third kappa shape index (κ3) is 7.54. The molecule has 1 unspecified atom stereocenters. The first-order valence-corrected chi connectivity index (χ1v) is 7.70. The second-order valence-electron chi connectivity index (χ2n) is 5.14. The SMILES string of the molecule is CCNC(=NCCOc1cccc(C(F)(F)F)c1)NC(C)COC. The number of hydrogen-bond acceptors (Lipinski definition) is 3. The number of aliphatic imine (C=N–C) groups is 1. The lowest BCUT2D eigenvalue weighted by atomic mass is 10.2. The zero-order chi connectivity index (χ0) is 18.0. The van der Waals surface area contributed by atoms with Gasteiger partial charge in [0.15, 0.2) is 5.96 Å². The predicted octanol–water partition coefficient (Wildman–Crippen LogP) is 2.67. The van der Waals surface area contributed by atoms with E-state index in [4.69, 9.17) is 9.47 Å². The highest BCUT2D eigenvalue weighted by atomic mass is 19.4. The summed E-state index contributed by atoms with van der Waals surface area (Å²) in [7, 11) is 1.62. The van der Waals surface area contributed by atoms with E-state index in [1.54, 1.807) is 7.11 Å². The summed E-state index contributed by atoms with van der Waals surface area (Å²) < 4.78 is 48.3. The van der Waals surface area contributed by atoms with E-state index in [0.717, 1.165) is 12.1 Å². The van der Waals surface area contributed by atoms with Gasteiger partial charge in [-0.05, 0) is 32.0 Å². The molecule has 0 saturated carbocycles. The molecular formula is C16H24F3N3O2. The number of benzene rings is 1. The van der Waals surface area contributed by atoms with Crippen molar-refractivity contribution >= 4 is 5.96 Å². The molecule has 0 aliphatic carbocycles. The molecule has 0 aliphatic rings. The Morgan fingerprint density at radius 3 is 2.71 bits per heavy atom. The first-order valence-electron chi connectivity index (χ1n) is 7.70. The van der Waals surface area contributed by atoms with Crippen molar-refractivity contribution in [3.05, 3.63) is 29.8 Å². The summed E-state index contributed by atoms with van der Waals surface area (Å²) >= 11 is 0. The van der Waals surface area contributed by atoms with Crippen molar-refractivity contribution < 1.29 is 22.6 Å². The van der Waals surface area contributed by atoms with Crippen LogP contribution in [-0.2, 0) is 10.9 Å². The minimum atomic E-state index is -4.38. The monoisotopic (exact) mass is 347 g/mol. The van der Waals surface area contributed by atoms with Crippen LogP contribution in [0.15, 0.2) is 29.3 Å². The second kappa shape index (κ2) is 10.0. The molecule has 0 spiro atoms. The van der Waals surface area contributed by atoms with Crippen LogP contribution in [0.4, 0.5) is 13.2 Å². The summed E-state index contributed by atoms with van der Waals surface area (Å²) in [6.07, 6.45) is -4.38. The summed E-state index contributed by atoms with van der Waals surface area (Å²) in [5, 5.41) is 6.23. The lowest BCUT2D eigenvalue weighted by Crippen LogP contribution is -2.44. The van der Waals surface area contributed by atoms with Crippen molar-refractivity contribution in [2.75, 3.05) is 33.4 Å². The molecule has 0 aliphatic heterocycles. The molecule has 0 bridgehead atoms. The van der Waals surface area contributed by atoms with Crippen molar-refractivity contribution in [2.24, 2.45) is 4.99 Å². The zero-order valence-corrected chi connectivity index (χ0v) is 14.1. The van der Waals surface area contributed by atoms with Crippen LogP contribution < -0.4 is 15.4 Å². The van der Waals surface area contributed by atoms with Crippen LogP contribution >= 0.6 is 0 Å². The van der Waals surface area contributed by atoms with Crippen molar-refractivity contribution in [3.63, 3.8) is 0 Å². The van der Waals surface area contributed by atoms with E-state index in [0.29, 0.717) is 25.7 Å². The van der Waals surface area contributed by atoms with Gasteiger partial charge >= 0.3 is 6.18 Å². The van der Waals surface area contributed by atoms with Crippen LogP contribution in [0.3, 0.4) is 0 Å². The smallest absolute Gasteiger partial charge is 0.416 e. The molecule has 1 atom stereocenters. The second-order valence-corrected chi connectivity index (χ2v) is 5.14. The molecule has 24 heavy (non-hydrogen) atoms. The number of nitrogens with zero attached hydrogens (tertiary/aromatic N) is 1. The largest absolute Gasteiger partial charge is 0.492 e. The third-order valence-corrected chi connectivity index (χ3v) is 2.94. The van der Waals surface area contributed by atoms with Gasteiger partial charge in [-0.15, -0.1) is 0 Å². The highest BCUT2D eigenvalue weighted by Crippen LogP contribution is 2.31. The molecule has 1 aromatic rings. The standard InChI is InChI=1S/C16H24F3N3O2/c1-4-20-15(22-12(2)11-23-3)21-8-9-24-14-7-5-6-13(10-14)16(17,18)19/h5-7,10,12H,4,8-9,11H2,1-3H3,(H2,20,21,22). The molecule has 0 amide bonds. The Bertz CT molecular complexity index is 522. The number of nitrogens with one attached hydrogen (secondary N) is 2. The van der Waals surface area contributed by atoms with E-state index in [1.807, 2.05) is 13.8 Å². The van der Waals surface area contributed by atoms with Gasteiger partial charge in [-0.2, -0.15) is 13.2 Å². The molecule has 5 nitrogen and oxygen atoms in total. The number of alkyl halides is 3. The van der Waals surface area contributed by atoms with E-state index in [2.05, 4.69) is 15.6 Å². The Morgan fingerprint density at radius 1 is 1.33 bits per heavy atom. The summed E-state index contributed by atoms with van der Waals surface area (Å²) in [6, 6.07) is 4.88. The normalized spacial score (nSPS) is 13.5. The van der Waals surface area contributed by atoms with Crippen LogP contribution in [0.1, 0.15) is 19.4 Å². The molecule has 2 N–H and O–H groups in total. The van der Waals surface area contributed by atoms with Gasteiger partial charge in [0.05, 0.1) is 18.7 Å². The first kappa shape index (κ1) is 20.1. The first-order chi connectivity index (χ1) is 11.4. The molecule has 8 heteroatoms. The van der Waals surface area contributed by atoms with Crippen molar-refractivity contribution in [2.45, 2.75) is 26.1 Å². The fraction of sp³-hybridized carbons (Fsp3) is 0.562. The highest BCUT2D eigenvalue weighted by molar-refractivity contribution is 5.80. The number of ether oxygens (including phenoxy) is 2. The molecule has 0 fully saturated rings. The summed E-state index contributed by atoms with van der Waals surface area (Å²) in [5.74, 6) is 0.778. The Morgan fingerprint density at radius 2 is 2.08 bits per heavy atom. The Hall–Kier alpha value is -1.96. The van der Waals surface area contributed by atoms with Gasteiger partial charge in [-0.3, -0.25) is 0 Å². The van der Waals surface area contributed by atoms with Crippen LogP contribution in [0, 0.1) is 0 Å². The maximum absolute atomic E-state index is 12.6. The number of halogens is 3. The van der Waals surface area contributed by atoms with Crippen molar-refractivity contribution in [1.29, 1.82) is 0 Å². The Labute approximate surface area is 140 Å². The highest BCUT2D eigenvalue weighted by Gasteiger charge is 2.30. The van der Waals surface area contributed by atoms with Gasteiger partial charge in [0.2, 0.25) is 0 Å². The fourth-order valence-corrected chi connectivity index (χ4v) is 1.93. The van der Waals surface area contributed by atoms with Crippen molar-refractivity contribution in [3.8, 4) is 5.75 Å². The maximum atomic E-state index is 12.6. The Kier molecular flexibility index (Phi) is 8.39.